The summed E-state index contributed by atoms with van der Waals surface area (Å²) in [6, 6.07) is 21.3. The van der Waals surface area contributed by atoms with Crippen LogP contribution in [-0.4, -0.2) is 35.9 Å². The molecule has 0 N–H and O–H groups in total. The number of nitrogens with zero attached hydrogens (tertiary/aromatic N) is 3. The normalized spacial score (nSPS) is 11.2. The van der Waals surface area contributed by atoms with Gasteiger partial charge in [0.2, 0.25) is 4.96 Å². The molecule has 9 nitrogen and oxygen atoms in total. The number of imidazole rings is 1. The fourth-order valence-corrected chi connectivity index (χ4v) is 4.85. The lowest BCUT2D eigenvalue weighted by molar-refractivity contribution is 0.293. The minimum absolute atomic E-state index is 0.283. The number of rotatable bonds is 10. The lowest BCUT2D eigenvalue weighted by atomic mass is 10.2. The maximum Gasteiger partial charge on any atom is 0.294 e. The van der Waals surface area contributed by atoms with E-state index in [-0.39, 0.29) is 6.61 Å². The van der Waals surface area contributed by atoms with Crippen LogP contribution >= 0.6 is 11.3 Å². The zero-order valence-corrected chi connectivity index (χ0v) is 22.4. The SMILES string of the molecule is COc1cc(COc2cc(OC)cc3oc(-c4cn5nc(OC)sc5n4)cc23)cc(OCc2ccccc2)c1. The van der Waals surface area contributed by atoms with Crippen molar-refractivity contribution in [3.63, 3.8) is 0 Å². The molecule has 0 aliphatic heterocycles. The third-order valence-electron chi connectivity index (χ3n) is 6.08. The van der Waals surface area contributed by atoms with E-state index in [2.05, 4.69) is 10.1 Å². The summed E-state index contributed by atoms with van der Waals surface area (Å²) in [4.78, 5) is 5.33. The molecule has 0 aliphatic carbocycles. The first-order chi connectivity index (χ1) is 19.1. The number of methoxy groups -OCH3 is 3. The molecule has 0 saturated heterocycles. The van der Waals surface area contributed by atoms with Crippen LogP contribution in [0.4, 0.5) is 0 Å². The predicted octanol–water partition coefficient (Wildman–Crippen LogP) is 6.39. The van der Waals surface area contributed by atoms with E-state index in [1.165, 1.54) is 11.3 Å². The second-order valence-electron chi connectivity index (χ2n) is 8.65. The van der Waals surface area contributed by atoms with Crippen LogP contribution in [0.3, 0.4) is 0 Å². The molecule has 0 atom stereocenters. The van der Waals surface area contributed by atoms with Crippen molar-refractivity contribution < 1.29 is 28.1 Å². The minimum atomic E-state index is 0.283. The lowest BCUT2D eigenvalue weighted by Gasteiger charge is -2.13. The number of ether oxygens (including phenoxy) is 5. The van der Waals surface area contributed by atoms with Gasteiger partial charge >= 0.3 is 0 Å². The van der Waals surface area contributed by atoms with Gasteiger partial charge < -0.3 is 28.1 Å². The molecule has 0 bridgehead atoms. The lowest BCUT2D eigenvalue weighted by Crippen LogP contribution is -2.00. The largest absolute Gasteiger partial charge is 0.497 e. The van der Waals surface area contributed by atoms with E-state index in [1.807, 2.05) is 66.7 Å². The molecule has 3 aromatic carbocycles. The smallest absolute Gasteiger partial charge is 0.294 e. The summed E-state index contributed by atoms with van der Waals surface area (Å²) in [6.07, 6.45) is 1.80. The summed E-state index contributed by atoms with van der Waals surface area (Å²) in [5.74, 6) is 3.22. The van der Waals surface area contributed by atoms with Gasteiger partial charge in [-0.3, -0.25) is 0 Å². The Kier molecular flexibility index (Phi) is 6.68. The number of fused-ring (bicyclic) bond motifs is 2. The second-order valence-corrected chi connectivity index (χ2v) is 9.57. The van der Waals surface area contributed by atoms with Crippen molar-refractivity contribution in [1.82, 2.24) is 14.6 Å². The number of hydrogen-bond donors (Lipinski definition) is 0. The van der Waals surface area contributed by atoms with Crippen LogP contribution < -0.4 is 23.7 Å². The highest BCUT2D eigenvalue weighted by molar-refractivity contribution is 7.18. The highest BCUT2D eigenvalue weighted by Crippen LogP contribution is 2.38. The third kappa shape index (κ3) is 5.19. The Balaban J connectivity index is 1.26. The Hall–Kier alpha value is -4.70. The van der Waals surface area contributed by atoms with E-state index < -0.39 is 0 Å². The average molecular weight is 544 g/mol. The predicted molar refractivity (Wildman–Crippen MR) is 147 cm³/mol. The van der Waals surface area contributed by atoms with Crippen LogP contribution in [0.1, 0.15) is 11.1 Å². The molecular formula is C29H25N3O6S. The zero-order chi connectivity index (χ0) is 26.8. The molecule has 3 aromatic heterocycles. The van der Waals surface area contributed by atoms with Crippen molar-refractivity contribution in [2.24, 2.45) is 0 Å². The van der Waals surface area contributed by atoms with Crippen LogP contribution in [-0.2, 0) is 13.2 Å². The number of benzene rings is 3. The minimum Gasteiger partial charge on any atom is -0.497 e. The van der Waals surface area contributed by atoms with Gasteiger partial charge in [-0.2, -0.15) is 0 Å². The Morgan fingerprint density at radius 1 is 0.795 bits per heavy atom. The molecule has 39 heavy (non-hydrogen) atoms. The number of hydrogen-bond acceptors (Lipinski definition) is 9. The Bertz CT molecular complexity index is 1710. The highest BCUT2D eigenvalue weighted by Gasteiger charge is 2.17. The molecule has 10 heteroatoms. The second kappa shape index (κ2) is 10.6. The maximum atomic E-state index is 6.28. The van der Waals surface area contributed by atoms with E-state index in [0.29, 0.717) is 56.8 Å². The van der Waals surface area contributed by atoms with Crippen molar-refractivity contribution in [2.45, 2.75) is 13.2 Å². The molecule has 0 saturated carbocycles. The summed E-state index contributed by atoms with van der Waals surface area (Å²) in [6.45, 7) is 0.738. The topological polar surface area (TPSA) is 89.5 Å². The fourth-order valence-electron chi connectivity index (χ4n) is 4.15. The standard InChI is InChI=1S/C29H25N3O6S/c1-33-20-9-19(10-22(11-20)36-16-18-7-5-4-6-8-18)17-37-25-12-21(34-2)13-26-23(25)14-27(38-26)24-15-32-28(30-24)39-29(31-32)35-3/h4-15H,16-17H2,1-3H3. The van der Waals surface area contributed by atoms with Gasteiger partial charge in [0.05, 0.1) is 32.9 Å². The molecule has 6 rings (SSSR count). The van der Waals surface area contributed by atoms with E-state index in [0.717, 1.165) is 16.5 Å². The molecular weight excluding hydrogens is 518 g/mol. The van der Waals surface area contributed by atoms with Crippen LogP contribution in [0.5, 0.6) is 28.2 Å². The first-order valence-electron chi connectivity index (χ1n) is 12.1. The molecule has 0 aliphatic rings. The van der Waals surface area contributed by atoms with E-state index in [4.69, 9.17) is 28.1 Å². The monoisotopic (exact) mass is 543 g/mol. The summed E-state index contributed by atoms with van der Waals surface area (Å²) in [7, 11) is 4.82. The molecule has 0 spiro atoms. The fraction of sp³-hybridized carbons (Fsp3) is 0.172. The maximum absolute atomic E-state index is 6.28. The van der Waals surface area contributed by atoms with Crippen molar-refractivity contribution in [2.75, 3.05) is 21.3 Å². The van der Waals surface area contributed by atoms with Gasteiger partial charge in [-0.05, 0) is 40.7 Å². The molecule has 0 radical (unpaired) electrons. The zero-order valence-electron chi connectivity index (χ0n) is 21.5. The van der Waals surface area contributed by atoms with Gasteiger partial charge in [0.15, 0.2) is 5.76 Å². The quantitative estimate of drug-likeness (QED) is 0.196. The first-order valence-corrected chi connectivity index (χ1v) is 12.9. The number of furan rings is 1. The van der Waals surface area contributed by atoms with Gasteiger partial charge in [-0.15, -0.1) is 5.10 Å². The van der Waals surface area contributed by atoms with Crippen LogP contribution in [0, 0.1) is 0 Å². The molecule has 0 amide bonds. The number of aromatic nitrogens is 3. The van der Waals surface area contributed by atoms with Crippen molar-refractivity contribution >= 4 is 27.3 Å². The van der Waals surface area contributed by atoms with Crippen molar-refractivity contribution in [3.05, 3.63) is 84.1 Å². The molecule has 0 unspecified atom stereocenters. The molecule has 0 fully saturated rings. The van der Waals surface area contributed by atoms with Gasteiger partial charge in [-0.1, -0.05) is 30.3 Å². The molecule has 198 valence electrons. The Morgan fingerprint density at radius 3 is 2.33 bits per heavy atom. The summed E-state index contributed by atoms with van der Waals surface area (Å²) in [5.41, 5.74) is 3.26. The van der Waals surface area contributed by atoms with E-state index >= 15 is 0 Å². The highest BCUT2D eigenvalue weighted by atomic mass is 32.1. The Morgan fingerprint density at radius 2 is 1.56 bits per heavy atom. The van der Waals surface area contributed by atoms with E-state index in [9.17, 15) is 0 Å². The third-order valence-corrected chi connectivity index (χ3v) is 6.96. The van der Waals surface area contributed by atoms with E-state index in [1.54, 1.807) is 32.0 Å². The van der Waals surface area contributed by atoms with Gasteiger partial charge in [0.1, 0.15) is 47.5 Å². The summed E-state index contributed by atoms with van der Waals surface area (Å²) >= 11 is 1.35. The van der Waals surface area contributed by atoms with Gasteiger partial charge in [0, 0.05) is 18.2 Å². The average Bonchev–Trinajstić information content (AvgIpc) is 3.68. The molecule has 3 heterocycles. The summed E-state index contributed by atoms with van der Waals surface area (Å²) < 4.78 is 36.3. The van der Waals surface area contributed by atoms with Crippen LogP contribution in [0.15, 0.2) is 77.3 Å². The van der Waals surface area contributed by atoms with Crippen molar-refractivity contribution in [3.8, 4) is 39.6 Å². The van der Waals surface area contributed by atoms with Gasteiger partial charge in [-0.25, -0.2) is 9.50 Å². The summed E-state index contributed by atoms with van der Waals surface area (Å²) in [5, 5.41) is 5.68. The van der Waals surface area contributed by atoms with Crippen molar-refractivity contribution in [1.29, 1.82) is 0 Å². The van der Waals surface area contributed by atoms with Crippen LogP contribution in [0.25, 0.3) is 27.4 Å². The first kappa shape index (κ1) is 24.6. The molecule has 6 aromatic rings. The Labute approximate surface area is 228 Å². The van der Waals surface area contributed by atoms with Gasteiger partial charge in [0.25, 0.3) is 5.19 Å². The van der Waals surface area contributed by atoms with Crippen LogP contribution in [0.2, 0.25) is 0 Å².